The van der Waals surface area contributed by atoms with Gasteiger partial charge >= 0.3 is 0 Å². The quantitative estimate of drug-likeness (QED) is 0.726. The van der Waals surface area contributed by atoms with Crippen LogP contribution in [0.2, 0.25) is 0 Å². The molecule has 0 atom stereocenters. The van der Waals surface area contributed by atoms with E-state index in [-0.39, 0.29) is 11.3 Å². The highest BCUT2D eigenvalue weighted by Crippen LogP contribution is 2.26. The average Bonchev–Trinajstić information content (AvgIpc) is 3.20. The van der Waals surface area contributed by atoms with E-state index in [9.17, 15) is 14.0 Å². The minimum atomic E-state index is -0.584. The van der Waals surface area contributed by atoms with Crippen molar-refractivity contribution in [3.63, 3.8) is 0 Å². The molecule has 0 bridgehead atoms. The molecular formula is C19H15FN4O2. The summed E-state index contributed by atoms with van der Waals surface area (Å²) in [5.41, 5.74) is 1.34. The lowest BCUT2D eigenvalue weighted by molar-refractivity contribution is 0.0953. The number of pyridine rings is 1. The number of hydrogen-bond acceptors (Lipinski definition) is 5. The van der Waals surface area contributed by atoms with Gasteiger partial charge in [0, 0.05) is 38.1 Å². The molecule has 0 fully saturated rings. The van der Waals surface area contributed by atoms with Crippen molar-refractivity contribution < 1.29 is 14.0 Å². The number of ketones is 1. The topological polar surface area (TPSA) is 68.1 Å². The first-order chi connectivity index (χ1) is 12.6. The van der Waals surface area contributed by atoms with Gasteiger partial charge in [0.2, 0.25) is 0 Å². The van der Waals surface area contributed by atoms with E-state index in [1.807, 2.05) is 4.90 Å². The molecule has 0 radical (unpaired) electrons. The Morgan fingerprint density at radius 1 is 1.23 bits per heavy atom. The first-order valence-corrected chi connectivity index (χ1v) is 8.18. The van der Waals surface area contributed by atoms with Gasteiger partial charge in [0.15, 0.2) is 5.78 Å². The number of hydrogen-bond donors (Lipinski definition) is 0. The first kappa shape index (κ1) is 16.1. The van der Waals surface area contributed by atoms with Crippen molar-refractivity contribution >= 4 is 17.5 Å². The van der Waals surface area contributed by atoms with Crippen LogP contribution in [0.4, 0.5) is 10.2 Å². The molecule has 0 saturated carbocycles. The number of benzene rings is 1. The zero-order valence-electron chi connectivity index (χ0n) is 13.8. The van der Waals surface area contributed by atoms with Crippen LogP contribution in [0.15, 0.2) is 55.2 Å². The van der Waals surface area contributed by atoms with E-state index in [4.69, 9.17) is 0 Å². The molecule has 1 aliphatic heterocycles. The normalized spacial score (nSPS) is 13.6. The predicted molar refractivity (Wildman–Crippen MR) is 92.6 cm³/mol. The zero-order chi connectivity index (χ0) is 18.1. The maximum absolute atomic E-state index is 14.2. The molecule has 3 heterocycles. The number of fused-ring (bicyclic) bond motifs is 1. The van der Waals surface area contributed by atoms with Gasteiger partial charge in [0.1, 0.15) is 18.0 Å². The van der Waals surface area contributed by atoms with Crippen molar-refractivity contribution in [1.29, 1.82) is 0 Å². The Labute approximate surface area is 148 Å². The van der Waals surface area contributed by atoms with E-state index in [2.05, 4.69) is 9.97 Å². The lowest BCUT2D eigenvalue weighted by Crippen LogP contribution is -2.32. The molecule has 0 spiro atoms. The van der Waals surface area contributed by atoms with Crippen LogP contribution in [0.1, 0.15) is 32.7 Å². The molecule has 6 nitrogen and oxygen atoms in total. The fourth-order valence-corrected chi connectivity index (χ4v) is 3.07. The molecule has 26 heavy (non-hydrogen) atoms. The smallest absolute Gasteiger partial charge is 0.266 e. The Hall–Kier alpha value is -3.35. The van der Waals surface area contributed by atoms with Gasteiger partial charge in [-0.15, -0.1) is 0 Å². The molecule has 4 rings (SSSR count). The molecule has 2 aromatic heterocycles. The fourth-order valence-electron chi connectivity index (χ4n) is 3.07. The maximum Gasteiger partial charge on any atom is 0.266 e. The van der Waals surface area contributed by atoms with Crippen LogP contribution < -0.4 is 4.90 Å². The molecule has 0 amide bonds. The van der Waals surface area contributed by atoms with Gasteiger partial charge in [-0.3, -0.25) is 14.2 Å². The SMILES string of the molecule is O=C1CCN(Cc2ccc(F)c(C(=O)n3ccnc3)c2)c2ncccc21. The molecule has 1 aromatic carbocycles. The highest BCUT2D eigenvalue weighted by Gasteiger charge is 2.24. The Bertz CT molecular complexity index is 985. The molecule has 7 heteroatoms. The summed E-state index contributed by atoms with van der Waals surface area (Å²) in [6, 6.07) is 7.96. The van der Waals surface area contributed by atoms with Crippen LogP contribution in [-0.4, -0.2) is 32.8 Å². The minimum Gasteiger partial charge on any atom is -0.351 e. The van der Waals surface area contributed by atoms with Gasteiger partial charge in [0.05, 0.1) is 11.1 Å². The van der Waals surface area contributed by atoms with Crippen LogP contribution in [0, 0.1) is 5.82 Å². The largest absolute Gasteiger partial charge is 0.351 e. The summed E-state index contributed by atoms with van der Waals surface area (Å²) < 4.78 is 15.4. The number of Topliss-reactive ketones (excluding diaryl/α,β-unsaturated/α-hetero) is 1. The number of halogens is 1. The summed E-state index contributed by atoms with van der Waals surface area (Å²) >= 11 is 0. The van der Waals surface area contributed by atoms with Crippen LogP contribution in [0.5, 0.6) is 0 Å². The molecule has 130 valence electrons. The second kappa shape index (κ2) is 6.51. The monoisotopic (exact) mass is 350 g/mol. The van der Waals surface area contributed by atoms with Crippen molar-refractivity contribution in [3.05, 3.63) is 77.8 Å². The summed E-state index contributed by atoms with van der Waals surface area (Å²) in [5, 5.41) is 0. The Balaban J connectivity index is 1.64. The number of carbonyl (C=O) groups excluding carboxylic acids is 2. The second-order valence-electron chi connectivity index (χ2n) is 6.06. The lowest BCUT2D eigenvalue weighted by atomic mass is 10.0. The molecule has 0 aliphatic carbocycles. The van der Waals surface area contributed by atoms with Crippen molar-refractivity contribution in [2.45, 2.75) is 13.0 Å². The van der Waals surface area contributed by atoms with Crippen molar-refractivity contribution in [2.24, 2.45) is 0 Å². The average molecular weight is 350 g/mol. The highest BCUT2D eigenvalue weighted by molar-refractivity contribution is 6.02. The van der Waals surface area contributed by atoms with Crippen LogP contribution in [0.25, 0.3) is 0 Å². The van der Waals surface area contributed by atoms with Gasteiger partial charge in [0.25, 0.3) is 5.91 Å². The van der Waals surface area contributed by atoms with Crippen LogP contribution in [0.3, 0.4) is 0 Å². The highest BCUT2D eigenvalue weighted by atomic mass is 19.1. The second-order valence-corrected chi connectivity index (χ2v) is 6.06. The summed E-state index contributed by atoms with van der Waals surface area (Å²) in [6.45, 7) is 0.965. The van der Waals surface area contributed by atoms with Crippen molar-refractivity contribution in [2.75, 3.05) is 11.4 Å². The third kappa shape index (κ3) is 2.88. The molecule has 0 saturated heterocycles. The van der Waals surface area contributed by atoms with E-state index in [0.717, 1.165) is 5.56 Å². The molecule has 3 aromatic rings. The summed E-state index contributed by atoms with van der Waals surface area (Å²) in [4.78, 5) is 34.6. The number of aromatic nitrogens is 3. The van der Waals surface area contributed by atoms with E-state index < -0.39 is 11.7 Å². The van der Waals surface area contributed by atoms with Crippen LogP contribution in [-0.2, 0) is 6.54 Å². The van der Waals surface area contributed by atoms with Crippen molar-refractivity contribution in [3.8, 4) is 0 Å². The molecule has 0 unspecified atom stereocenters. The molecular weight excluding hydrogens is 335 g/mol. The van der Waals surface area contributed by atoms with Crippen molar-refractivity contribution in [1.82, 2.24) is 14.5 Å². The summed E-state index contributed by atoms with van der Waals surface area (Å²) in [5.74, 6) is -0.371. The number of nitrogens with zero attached hydrogens (tertiary/aromatic N) is 4. The number of anilines is 1. The standard InChI is InChI=1S/C19H15FN4O2/c20-16-4-3-13(10-15(16)19(26)24-9-7-21-12-24)11-23-8-5-17(25)14-2-1-6-22-18(14)23/h1-4,6-7,9-10,12H,5,8,11H2. The van der Waals surface area contributed by atoms with Gasteiger partial charge in [-0.25, -0.2) is 14.4 Å². The van der Waals surface area contributed by atoms with E-state index in [1.54, 1.807) is 24.4 Å². The zero-order valence-corrected chi connectivity index (χ0v) is 13.8. The molecule has 0 N–H and O–H groups in total. The van der Waals surface area contributed by atoms with E-state index in [1.165, 1.54) is 35.4 Å². The Morgan fingerprint density at radius 3 is 2.92 bits per heavy atom. The number of carbonyl (C=O) groups is 2. The van der Waals surface area contributed by atoms with E-state index in [0.29, 0.717) is 30.9 Å². The Kier molecular flexibility index (Phi) is 4.04. The Morgan fingerprint density at radius 2 is 2.12 bits per heavy atom. The van der Waals surface area contributed by atoms with Gasteiger partial charge in [-0.2, -0.15) is 0 Å². The summed E-state index contributed by atoms with van der Waals surface area (Å²) in [7, 11) is 0. The van der Waals surface area contributed by atoms with Gasteiger partial charge in [-0.1, -0.05) is 6.07 Å². The predicted octanol–water partition coefficient (Wildman–Crippen LogP) is 2.70. The summed E-state index contributed by atoms with van der Waals surface area (Å²) in [6.07, 6.45) is 6.33. The number of imidazole rings is 1. The number of rotatable bonds is 3. The third-order valence-electron chi connectivity index (χ3n) is 4.37. The fraction of sp³-hybridized carbons (Fsp3) is 0.158. The first-order valence-electron chi connectivity index (χ1n) is 8.18. The lowest BCUT2D eigenvalue weighted by Gasteiger charge is -2.29. The maximum atomic E-state index is 14.2. The minimum absolute atomic E-state index is 0.0187. The van der Waals surface area contributed by atoms with E-state index >= 15 is 0 Å². The van der Waals surface area contributed by atoms with Gasteiger partial charge < -0.3 is 4.90 Å². The molecule has 1 aliphatic rings. The van der Waals surface area contributed by atoms with Crippen LogP contribution >= 0.6 is 0 Å². The third-order valence-corrected chi connectivity index (χ3v) is 4.37. The van der Waals surface area contributed by atoms with Gasteiger partial charge in [-0.05, 0) is 29.8 Å².